The minimum Gasteiger partial charge on any atom is -0.533 e. The quantitative estimate of drug-likeness (QED) is 0.0819. The van der Waals surface area contributed by atoms with E-state index >= 15 is 26.3 Å². The summed E-state index contributed by atoms with van der Waals surface area (Å²) >= 11 is 0. The lowest BCUT2D eigenvalue weighted by Gasteiger charge is -2.35. The highest BCUT2D eigenvalue weighted by Gasteiger charge is 2.59. The molecule has 0 fully saturated rings. The molecule has 0 aromatic heterocycles. The Balaban J connectivity index is 2.93. The van der Waals surface area contributed by atoms with E-state index in [0.717, 1.165) is 13.8 Å². The lowest BCUT2D eigenvalue weighted by atomic mass is 10.3. The summed E-state index contributed by atoms with van der Waals surface area (Å²) in [6.07, 6.45) is 0.0390. The molecular formula is C23H9F15OSi. The average Bonchev–Trinajstić information content (AvgIpc) is 2.93. The number of allylic oxidation sites excluding steroid dienone is 2. The van der Waals surface area contributed by atoms with Gasteiger partial charge in [0.1, 0.15) is 0 Å². The third-order valence-electron chi connectivity index (χ3n) is 5.64. The average molecular weight is 614 g/mol. The molecular weight excluding hydrogens is 605 g/mol. The van der Waals surface area contributed by atoms with Crippen LogP contribution in [0.5, 0.6) is 0 Å². The van der Waals surface area contributed by atoms with Crippen LogP contribution >= 0.6 is 0 Å². The maximum atomic E-state index is 15.2. The van der Waals surface area contributed by atoms with Gasteiger partial charge in [-0.25, -0.2) is 65.9 Å². The summed E-state index contributed by atoms with van der Waals surface area (Å²) in [4.78, 5) is 0. The summed E-state index contributed by atoms with van der Waals surface area (Å²) in [7, 11) is -7.31. The molecule has 3 aromatic carbocycles. The van der Waals surface area contributed by atoms with Gasteiger partial charge in [-0.2, -0.15) is 0 Å². The largest absolute Gasteiger partial charge is 0.533 e. The summed E-state index contributed by atoms with van der Waals surface area (Å²) in [5.74, 6) is -46.9. The topological polar surface area (TPSA) is 9.23 Å². The second-order valence-electron chi connectivity index (χ2n) is 7.73. The van der Waals surface area contributed by atoms with E-state index in [9.17, 15) is 39.5 Å². The standard InChI is InChI=1S/C23H9F15OSi/c1-3-5(4-2)39-40(21-15(33)9(27)6(24)10(28)16(21)34,22-17(35)11(29)7(25)12(30)18(22)36)23-19(37)13(31)8(26)14(32)20(23)38/h3H,4H2,1-2H3/b5-3-. The van der Waals surface area contributed by atoms with Gasteiger partial charge >= 0.3 is 8.32 Å². The highest BCUT2D eigenvalue weighted by atomic mass is 28.4. The van der Waals surface area contributed by atoms with Gasteiger partial charge in [-0.15, -0.1) is 0 Å². The van der Waals surface area contributed by atoms with Crippen LogP contribution < -0.4 is 15.6 Å². The SMILES string of the molecule is C/C=C(/CC)O[Si](c1c(F)c(F)c(F)c(F)c1F)(c1c(F)c(F)c(F)c(F)c1F)c1c(F)c(F)c(F)c(F)c1F. The Morgan fingerprint density at radius 1 is 0.450 bits per heavy atom. The first-order valence-electron chi connectivity index (χ1n) is 10.4. The fourth-order valence-electron chi connectivity index (χ4n) is 3.80. The Hall–Kier alpha value is -3.63. The van der Waals surface area contributed by atoms with Crippen LogP contribution in [0.1, 0.15) is 20.3 Å². The van der Waals surface area contributed by atoms with Gasteiger partial charge in [0.15, 0.2) is 69.8 Å². The van der Waals surface area contributed by atoms with Crippen molar-refractivity contribution in [1.29, 1.82) is 0 Å². The van der Waals surface area contributed by atoms with Gasteiger partial charge in [0.25, 0.3) is 0 Å². The molecule has 0 bridgehead atoms. The summed E-state index contributed by atoms with van der Waals surface area (Å²) in [5, 5.41) is -8.24. The summed E-state index contributed by atoms with van der Waals surface area (Å²) in [6.45, 7) is 2.00. The molecule has 0 unspecified atom stereocenters. The van der Waals surface area contributed by atoms with Gasteiger partial charge in [-0.1, -0.05) is 13.0 Å². The lowest BCUT2D eigenvalue weighted by Crippen LogP contribution is -2.75. The van der Waals surface area contributed by atoms with Gasteiger partial charge in [0.2, 0.25) is 17.5 Å². The number of halogens is 15. The van der Waals surface area contributed by atoms with Crippen molar-refractivity contribution in [1.82, 2.24) is 0 Å². The Kier molecular flexibility index (Phi) is 8.30. The molecule has 0 amide bonds. The molecule has 0 aliphatic heterocycles. The van der Waals surface area contributed by atoms with E-state index in [-0.39, 0.29) is 0 Å². The number of rotatable bonds is 6. The van der Waals surface area contributed by atoms with Crippen LogP contribution in [0.25, 0.3) is 0 Å². The number of benzene rings is 3. The molecule has 0 radical (unpaired) electrons. The summed E-state index contributed by atoms with van der Waals surface area (Å²) in [6, 6.07) is 0. The molecule has 0 N–H and O–H groups in total. The molecule has 0 saturated heterocycles. The minimum absolute atomic E-state index is 0.647. The van der Waals surface area contributed by atoms with Crippen LogP contribution in [0.15, 0.2) is 11.8 Å². The fourth-order valence-corrected chi connectivity index (χ4v) is 8.03. The lowest BCUT2D eigenvalue weighted by molar-refractivity contribution is 0.363. The van der Waals surface area contributed by atoms with E-state index in [0.29, 0.717) is 6.08 Å². The van der Waals surface area contributed by atoms with Crippen molar-refractivity contribution in [2.24, 2.45) is 0 Å². The molecule has 216 valence electrons. The molecule has 3 rings (SSSR count). The third-order valence-corrected chi connectivity index (χ3v) is 9.64. The Morgan fingerprint density at radius 2 is 0.650 bits per heavy atom. The smallest absolute Gasteiger partial charge is 0.364 e. The highest BCUT2D eigenvalue weighted by Crippen LogP contribution is 2.30. The van der Waals surface area contributed by atoms with Gasteiger partial charge in [-0.3, -0.25) is 0 Å². The molecule has 1 nitrogen and oxygen atoms in total. The van der Waals surface area contributed by atoms with E-state index in [1.165, 1.54) is 0 Å². The van der Waals surface area contributed by atoms with Gasteiger partial charge in [0.05, 0.1) is 21.3 Å². The molecule has 0 aliphatic carbocycles. The van der Waals surface area contributed by atoms with Crippen LogP contribution in [-0.2, 0) is 4.43 Å². The second-order valence-corrected chi connectivity index (χ2v) is 10.8. The molecule has 0 heterocycles. The number of hydrogen-bond acceptors (Lipinski definition) is 1. The predicted octanol–water partition coefficient (Wildman–Crippen LogP) is 6.07. The zero-order valence-electron chi connectivity index (χ0n) is 19.4. The van der Waals surface area contributed by atoms with Crippen molar-refractivity contribution >= 4 is 23.9 Å². The predicted molar refractivity (Wildman–Crippen MR) is 108 cm³/mol. The first-order chi connectivity index (χ1) is 18.5. The van der Waals surface area contributed by atoms with Crippen molar-refractivity contribution in [3.8, 4) is 0 Å². The van der Waals surface area contributed by atoms with Crippen LogP contribution in [0.4, 0.5) is 65.9 Å². The van der Waals surface area contributed by atoms with Crippen LogP contribution in [-0.4, -0.2) is 8.32 Å². The van der Waals surface area contributed by atoms with Crippen LogP contribution in [0, 0.1) is 87.3 Å². The van der Waals surface area contributed by atoms with Crippen molar-refractivity contribution in [2.45, 2.75) is 20.3 Å². The maximum Gasteiger partial charge on any atom is 0.364 e. The van der Waals surface area contributed by atoms with E-state index in [1.807, 2.05) is 0 Å². The van der Waals surface area contributed by atoms with Crippen molar-refractivity contribution in [3.63, 3.8) is 0 Å². The fraction of sp³-hybridized carbons (Fsp3) is 0.130. The van der Waals surface area contributed by atoms with Gasteiger partial charge in [-0.05, 0) is 6.92 Å². The Bertz CT molecular complexity index is 1330. The van der Waals surface area contributed by atoms with Gasteiger partial charge in [0, 0.05) is 6.42 Å². The summed E-state index contributed by atoms with van der Waals surface area (Å²) in [5.41, 5.74) is 0. The summed E-state index contributed by atoms with van der Waals surface area (Å²) < 4.78 is 224. The molecule has 0 spiro atoms. The van der Waals surface area contributed by atoms with E-state index < -0.39 is 123 Å². The van der Waals surface area contributed by atoms with Crippen LogP contribution in [0.3, 0.4) is 0 Å². The zero-order chi connectivity index (χ0) is 30.6. The maximum absolute atomic E-state index is 15.2. The number of hydrogen-bond donors (Lipinski definition) is 0. The highest BCUT2D eigenvalue weighted by molar-refractivity contribution is 7.07. The zero-order valence-corrected chi connectivity index (χ0v) is 20.4. The second kappa shape index (κ2) is 10.7. The minimum atomic E-state index is -7.31. The molecule has 17 heteroatoms. The first kappa shape index (κ1) is 30.9. The monoisotopic (exact) mass is 614 g/mol. The molecule has 0 saturated carbocycles. The Labute approximate surface area is 214 Å². The third kappa shape index (κ3) is 4.21. The van der Waals surface area contributed by atoms with Crippen LogP contribution in [0.2, 0.25) is 0 Å². The Morgan fingerprint density at radius 3 is 0.825 bits per heavy atom. The van der Waals surface area contributed by atoms with Crippen molar-refractivity contribution in [3.05, 3.63) is 99.1 Å². The molecule has 40 heavy (non-hydrogen) atoms. The molecule has 3 aromatic rings. The van der Waals surface area contributed by atoms with Gasteiger partial charge < -0.3 is 4.43 Å². The first-order valence-corrected chi connectivity index (χ1v) is 12.3. The van der Waals surface area contributed by atoms with Crippen molar-refractivity contribution in [2.75, 3.05) is 0 Å². The normalized spacial score (nSPS) is 12.4. The molecule has 0 aliphatic rings. The van der Waals surface area contributed by atoms with E-state index in [2.05, 4.69) is 0 Å². The van der Waals surface area contributed by atoms with E-state index in [1.54, 1.807) is 0 Å². The molecule has 0 atom stereocenters. The van der Waals surface area contributed by atoms with Crippen molar-refractivity contribution < 1.29 is 70.3 Å². The van der Waals surface area contributed by atoms with E-state index in [4.69, 9.17) is 4.43 Å².